The van der Waals surface area contributed by atoms with Crippen LogP contribution in [0.3, 0.4) is 0 Å². The summed E-state index contributed by atoms with van der Waals surface area (Å²) in [6, 6.07) is 0. The normalized spacial score (nSPS) is 49.4. The molecule has 4 saturated carbocycles. The summed E-state index contributed by atoms with van der Waals surface area (Å²) in [5, 5.41) is 79.5. The molecule has 0 spiro atoms. The van der Waals surface area contributed by atoms with Crippen LogP contribution in [0.25, 0.3) is 0 Å². The number of allylic oxidation sites excluding steroid dienone is 2. The van der Waals surface area contributed by atoms with Crippen LogP contribution in [0.5, 0.6) is 0 Å². The van der Waals surface area contributed by atoms with Crippen LogP contribution in [-0.2, 0) is 28.8 Å². The van der Waals surface area contributed by atoms with Crippen molar-refractivity contribution in [3.05, 3.63) is 12.2 Å². The van der Waals surface area contributed by atoms with Crippen LogP contribution < -0.4 is 0 Å². The number of hydrogen-bond acceptors (Lipinski definition) is 13. The first-order valence-corrected chi connectivity index (χ1v) is 19.5. The van der Waals surface area contributed by atoms with E-state index in [0.29, 0.717) is 38.5 Å². The highest BCUT2D eigenvalue weighted by Gasteiger charge is 2.75. The van der Waals surface area contributed by atoms with E-state index in [0.717, 1.165) is 0 Å². The zero-order valence-corrected chi connectivity index (χ0v) is 30.8. The lowest BCUT2D eigenvalue weighted by molar-refractivity contribution is -0.309. The highest BCUT2D eigenvalue weighted by molar-refractivity contribution is 7.80. The van der Waals surface area contributed by atoms with E-state index in [4.69, 9.17) is 18.4 Å². The number of rotatable bonds is 11. The molecule has 0 aromatic rings. The van der Waals surface area contributed by atoms with Crippen molar-refractivity contribution >= 4 is 10.4 Å². The van der Waals surface area contributed by atoms with Crippen LogP contribution in [0.1, 0.15) is 73.1 Å². The molecule has 5 rings (SSSR count). The van der Waals surface area contributed by atoms with Gasteiger partial charge in [-0.3, -0.25) is 4.55 Å². The Morgan fingerprint density at radius 1 is 0.920 bits per heavy atom. The number of hydrogen-bond donors (Lipinski definition) is 8. The van der Waals surface area contributed by atoms with E-state index >= 15 is 0 Å². The van der Waals surface area contributed by atoms with E-state index in [1.54, 1.807) is 0 Å². The third-order valence-electron chi connectivity index (χ3n) is 13.7. The Morgan fingerprint density at radius 3 is 2.20 bits per heavy atom. The maximum atomic E-state index is 12.6. The quantitative estimate of drug-likeness (QED) is 0.108. The minimum atomic E-state index is -4.90. The summed E-state index contributed by atoms with van der Waals surface area (Å²) >= 11 is 0. The fraction of sp³-hybridized carbons (Fsp3) is 0.943. The molecule has 18 atom stereocenters. The molecule has 14 nitrogen and oxygen atoms in total. The third kappa shape index (κ3) is 6.98. The van der Waals surface area contributed by atoms with Crippen LogP contribution >= 0.6 is 0 Å². The van der Waals surface area contributed by atoms with Crippen molar-refractivity contribution in [2.75, 3.05) is 20.3 Å². The topological polar surface area (TPSA) is 233 Å². The van der Waals surface area contributed by atoms with Crippen LogP contribution in [0, 0.1) is 52.3 Å². The Balaban J connectivity index is 1.31. The fourth-order valence-corrected chi connectivity index (χ4v) is 11.7. The van der Waals surface area contributed by atoms with Crippen molar-refractivity contribution in [3.8, 4) is 0 Å². The molecule has 0 bridgehead atoms. The molecule has 3 unspecified atom stereocenters. The summed E-state index contributed by atoms with van der Waals surface area (Å²) in [6.07, 6.45) is -3.83. The van der Waals surface area contributed by atoms with Gasteiger partial charge < -0.3 is 50.0 Å². The van der Waals surface area contributed by atoms with Gasteiger partial charge in [-0.15, -0.1) is 0 Å². The molecule has 0 amide bonds. The molecule has 0 radical (unpaired) electrons. The van der Waals surface area contributed by atoms with Gasteiger partial charge in [0.1, 0.15) is 23.9 Å². The van der Waals surface area contributed by atoms with Crippen LogP contribution in [0.2, 0.25) is 0 Å². The zero-order chi connectivity index (χ0) is 37.1. The average molecular weight is 737 g/mol. The van der Waals surface area contributed by atoms with Crippen LogP contribution in [0.4, 0.5) is 0 Å². The Bertz CT molecular complexity index is 1310. The second-order valence-electron chi connectivity index (χ2n) is 16.7. The molecule has 1 saturated heterocycles. The lowest BCUT2D eigenvalue weighted by atomic mass is 9.41. The first-order valence-electron chi connectivity index (χ1n) is 18.1. The monoisotopic (exact) mass is 736 g/mol. The molecule has 5 aliphatic rings. The van der Waals surface area contributed by atoms with Crippen molar-refractivity contribution in [1.29, 1.82) is 0 Å². The molecular formula is C35H60O14S. The molecule has 5 fully saturated rings. The van der Waals surface area contributed by atoms with Gasteiger partial charge in [-0.1, -0.05) is 46.8 Å². The summed E-state index contributed by atoms with van der Waals surface area (Å²) in [4.78, 5) is 0. The number of ether oxygens (including phenoxy) is 3. The minimum absolute atomic E-state index is 0.0355. The van der Waals surface area contributed by atoms with Crippen molar-refractivity contribution < 1.29 is 67.1 Å². The minimum Gasteiger partial charge on any atom is -0.393 e. The Morgan fingerprint density at radius 2 is 1.58 bits per heavy atom. The molecule has 1 heterocycles. The summed E-state index contributed by atoms with van der Waals surface area (Å²) < 4.78 is 53.6. The molecule has 0 aromatic carbocycles. The van der Waals surface area contributed by atoms with Crippen molar-refractivity contribution in [3.63, 3.8) is 0 Å². The van der Waals surface area contributed by atoms with E-state index in [1.165, 1.54) is 7.11 Å². The van der Waals surface area contributed by atoms with Gasteiger partial charge in [-0.2, -0.15) is 8.42 Å². The molecule has 8 N–H and O–H groups in total. The van der Waals surface area contributed by atoms with Gasteiger partial charge in [0, 0.05) is 13.0 Å². The average Bonchev–Trinajstić information content (AvgIpc) is 3.23. The highest BCUT2D eigenvalue weighted by Crippen LogP contribution is 2.69. The second kappa shape index (κ2) is 14.8. The van der Waals surface area contributed by atoms with Gasteiger partial charge in [0.15, 0.2) is 12.4 Å². The van der Waals surface area contributed by atoms with Gasteiger partial charge in [0.2, 0.25) is 0 Å². The first kappa shape index (κ1) is 40.4. The van der Waals surface area contributed by atoms with E-state index in [2.05, 4.69) is 0 Å². The summed E-state index contributed by atoms with van der Waals surface area (Å²) in [7, 11) is -3.64. The van der Waals surface area contributed by atoms with Crippen molar-refractivity contribution in [2.24, 2.45) is 52.3 Å². The van der Waals surface area contributed by atoms with Crippen molar-refractivity contribution in [2.45, 2.75) is 134 Å². The summed E-state index contributed by atoms with van der Waals surface area (Å²) in [6.45, 7) is 9.94. The van der Waals surface area contributed by atoms with Gasteiger partial charge in [-0.05, 0) is 84.9 Å². The molecule has 0 aromatic heterocycles. The van der Waals surface area contributed by atoms with E-state index in [-0.39, 0.29) is 31.0 Å². The molecule has 1 aliphatic heterocycles. The molecular weight excluding hydrogens is 676 g/mol. The lowest BCUT2D eigenvalue weighted by Crippen LogP contribution is -2.75. The van der Waals surface area contributed by atoms with E-state index < -0.39 is 106 Å². The number of fused-ring (bicyclic) bond motifs is 5. The van der Waals surface area contributed by atoms with Gasteiger partial charge >= 0.3 is 10.4 Å². The standard InChI is InChI=1S/C35H60O14S/c1-17(2)19(11-14-47-32-29(49-50(43,44)45)28(46-6)22(37)16-48-32)8-7-18(3)24-26(39)27(40)30-34(24,5)13-10-23-33(4)12-9-20(36)15-21(33)25(38)31(41)35(23,30)42/h7-8,17-32,36-42H,9-16H2,1-6H3,(H,43,44,45)/b8-7+/t18-,19-,20+,21?,22-,23?,24+,25-,26-,27-,28+,29-,30?,31-,32-,33+,34-,35+/m1/s1. The lowest BCUT2D eigenvalue weighted by Gasteiger charge is -2.67. The van der Waals surface area contributed by atoms with Crippen LogP contribution in [-0.4, -0.2) is 130 Å². The Labute approximate surface area is 295 Å². The Hall–Kier alpha value is -0.790. The Kier molecular flexibility index (Phi) is 12.0. The molecule has 4 aliphatic carbocycles. The second-order valence-corrected chi connectivity index (χ2v) is 17.8. The first-order chi connectivity index (χ1) is 23.2. The number of aliphatic hydroxyl groups excluding tert-OH is 6. The highest BCUT2D eigenvalue weighted by atomic mass is 32.3. The molecule has 15 heteroatoms. The SMILES string of the molecule is CO[C@@H]1[C@@H](OS(=O)(=O)O)[C@H](OCC[C@@H](/C=C/[C@@H](C)[C@H]2[C@@H](O)[C@@H](O)C3[C@@]4(O)C(CC[C@@]32C)[C@@]2(C)CC[C@H](O)CC2[C@@H](O)[C@H]4O)C(C)C)OC[C@H]1O. The summed E-state index contributed by atoms with van der Waals surface area (Å²) in [5.41, 5.74) is -3.17. The van der Waals surface area contributed by atoms with E-state index in [1.807, 2.05) is 46.8 Å². The third-order valence-corrected chi connectivity index (χ3v) is 14.1. The van der Waals surface area contributed by atoms with Gasteiger partial charge in [-0.25, -0.2) is 4.18 Å². The largest absolute Gasteiger partial charge is 0.397 e. The number of aliphatic hydroxyl groups is 7. The van der Waals surface area contributed by atoms with E-state index in [9.17, 15) is 48.7 Å². The van der Waals surface area contributed by atoms with Gasteiger partial charge in [0.05, 0.1) is 37.6 Å². The summed E-state index contributed by atoms with van der Waals surface area (Å²) in [5.74, 6) is -2.33. The molecule has 50 heavy (non-hydrogen) atoms. The van der Waals surface area contributed by atoms with Crippen LogP contribution in [0.15, 0.2) is 12.2 Å². The predicted octanol–water partition coefficient (Wildman–Crippen LogP) is 0.796. The predicted molar refractivity (Wildman–Crippen MR) is 178 cm³/mol. The smallest absolute Gasteiger partial charge is 0.393 e. The van der Waals surface area contributed by atoms with Crippen molar-refractivity contribution in [1.82, 2.24) is 0 Å². The zero-order valence-electron chi connectivity index (χ0n) is 30.0. The maximum absolute atomic E-state index is 12.6. The number of methoxy groups -OCH3 is 1. The maximum Gasteiger partial charge on any atom is 0.397 e. The van der Waals surface area contributed by atoms with Gasteiger partial charge in [0.25, 0.3) is 0 Å². The fourth-order valence-electron chi connectivity index (χ4n) is 11.2. The molecule has 290 valence electrons.